The van der Waals surface area contributed by atoms with Crippen LogP contribution in [0.25, 0.3) is 11.0 Å². The van der Waals surface area contributed by atoms with Crippen LogP contribution in [0.2, 0.25) is 0 Å². The van der Waals surface area contributed by atoms with Crippen molar-refractivity contribution in [2.75, 3.05) is 19.3 Å². The van der Waals surface area contributed by atoms with E-state index in [1.54, 1.807) is 24.5 Å². The zero-order valence-electron chi connectivity index (χ0n) is 16.1. The fourth-order valence-corrected chi connectivity index (χ4v) is 4.48. The van der Waals surface area contributed by atoms with Crippen LogP contribution in [0.5, 0.6) is 0 Å². The minimum atomic E-state index is -3.25. The molecule has 1 aliphatic heterocycles. The van der Waals surface area contributed by atoms with Crippen molar-refractivity contribution in [3.63, 3.8) is 0 Å². The quantitative estimate of drug-likeness (QED) is 0.657. The Bertz CT molecular complexity index is 1160. The molecule has 0 spiro atoms. The van der Waals surface area contributed by atoms with Gasteiger partial charge in [0.25, 0.3) is 0 Å². The van der Waals surface area contributed by atoms with Gasteiger partial charge in [0.1, 0.15) is 5.82 Å². The van der Waals surface area contributed by atoms with Crippen LogP contribution in [0.4, 0.5) is 4.39 Å². The Morgan fingerprint density at radius 2 is 1.97 bits per heavy atom. The maximum absolute atomic E-state index is 13.4. The highest BCUT2D eigenvalue weighted by Gasteiger charge is 2.25. The lowest BCUT2D eigenvalue weighted by Crippen LogP contribution is -2.41. The highest BCUT2D eigenvalue weighted by atomic mass is 32.2. The lowest BCUT2D eigenvalue weighted by molar-refractivity contribution is -0.132. The summed E-state index contributed by atoms with van der Waals surface area (Å²) < 4.78 is 38.6. The van der Waals surface area contributed by atoms with E-state index < -0.39 is 9.84 Å². The van der Waals surface area contributed by atoms with Crippen molar-refractivity contribution in [3.8, 4) is 0 Å². The Balaban J connectivity index is 1.47. The highest BCUT2D eigenvalue weighted by Crippen LogP contribution is 2.26. The molecule has 1 atom stereocenters. The number of imidazole rings is 1. The second-order valence-corrected chi connectivity index (χ2v) is 9.53. The van der Waals surface area contributed by atoms with Crippen LogP contribution in [0.1, 0.15) is 24.4 Å². The van der Waals surface area contributed by atoms with Crippen molar-refractivity contribution in [1.29, 1.82) is 0 Å². The first-order valence-electron chi connectivity index (χ1n) is 9.50. The van der Waals surface area contributed by atoms with Gasteiger partial charge in [-0.25, -0.2) is 17.8 Å². The van der Waals surface area contributed by atoms with Crippen molar-refractivity contribution in [1.82, 2.24) is 14.5 Å². The number of aromatic nitrogens is 2. The lowest BCUT2D eigenvalue weighted by Gasteiger charge is -2.34. The third-order valence-corrected chi connectivity index (χ3v) is 6.51. The average molecular weight is 415 g/mol. The summed E-state index contributed by atoms with van der Waals surface area (Å²) >= 11 is 0. The fraction of sp³-hybridized carbons (Fsp3) is 0.333. The number of amides is 1. The molecule has 1 saturated heterocycles. The zero-order valence-corrected chi connectivity index (χ0v) is 16.9. The Hall–Kier alpha value is -2.74. The summed E-state index contributed by atoms with van der Waals surface area (Å²) in [5.41, 5.74) is 2.26. The van der Waals surface area contributed by atoms with Crippen LogP contribution in [0, 0.1) is 5.82 Å². The molecule has 0 N–H and O–H groups in total. The standard InChI is InChI=1S/C21H22FN3O3S/c1-29(27,28)18-7-4-15(5-8-18)11-21(26)24-10-2-3-17(13-24)25-14-23-19-12-16(22)6-9-20(19)25/h4-9,12,14,17H,2-3,10-11,13H2,1H3/t17-/m0/s1. The molecule has 152 valence electrons. The molecule has 3 aromatic rings. The Morgan fingerprint density at radius 3 is 2.69 bits per heavy atom. The molecular formula is C21H22FN3O3S. The van der Waals surface area contributed by atoms with Crippen LogP contribution >= 0.6 is 0 Å². The summed E-state index contributed by atoms with van der Waals surface area (Å²) in [5.74, 6) is -0.303. The van der Waals surface area contributed by atoms with Crippen LogP contribution in [0.15, 0.2) is 53.7 Å². The SMILES string of the molecule is CS(=O)(=O)c1ccc(CC(=O)N2CCC[C@H](n3cnc4cc(F)ccc43)C2)cc1. The summed E-state index contributed by atoms with van der Waals surface area (Å²) in [6.07, 6.45) is 4.91. The predicted molar refractivity (Wildman–Crippen MR) is 108 cm³/mol. The molecule has 2 heterocycles. The first-order valence-corrected chi connectivity index (χ1v) is 11.4. The average Bonchev–Trinajstić information content (AvgIpc) is 3.11. The van der Waals surface area contributed by atoms with E-state index >= 15 is 0 Å². The van der Waals surface area contributed by atoms with Crippen molar-refractivity contribution in [2.45, 2.75) is 30.2 Å². The van der Waals surface area contributed by atoms with Crippen LogP contribution < -0.4 is 0 Å². The minimum absolute atomic E-state index is 0.0114. The molecule has 0 aliphatic carbocycles. The van der Waals surface area contributed by atoms with Crippen molar-refractivity contribution in [2.24, 2.45) is 0 Å². The van der Waals surface area contributed by atoms with Gasteiger partial charge < -0.3 is 9.47 Å². The number of hydrogen-bond acceptors (Lipinski definition) is 4. The summed E-state index contributed by atoms with van der Waals surface area (Å²) in [6.45, 7) is 1.26. The van der Waals surface area contributed by atoms with Gasteiger partial charge in [-0.2, -0.15) is 0 Å². The molecule has 6 nitrogen and oxygen atoms in total. The maximum Gasteiger partial charge on any atom is 0.227 e. The molecule has 0 unspecified atom stereocenters. The number of carbonyl (C=O) groups excluding carboxylic acids is 1. The number of nitrogens with zero attached hydrogens (tertiary/aromatic N) is 3. The minimum Gasteiger partial charge on any atom is -0.340 e. The van der Waals surface area contributed by atoms with E-state index in [1.807, 2.05) is 9.47 Å². The van der Waals surface area contributed by atoms with Gasteiger partial charge in [0.15, 0.2) is 9.84 Å². The van der Waals surface area contributed by atoms with Crippen LogP contribution in [-0.2, 0) is 21.1 Å². The fourth-order valence-electron chi connectivity index (χ4n) is 3.85. The molecule has 1 amide bonds. The summed E-state index contributed by atoms with van der Waals surface area (Å²) in [5, 5.41) is 0. The Morgan fingerprint density at radius 1 is 1.21 bits per heavy atom. The Labute approximate surface area is 168 Å². The van der Waals surface area contributed by atoms with Crippen molar-refractivity contribution >= 4 is 26.8 Å². The number of likely N-dealkylation sites (tertiary alicyclic amines) is 1. The molecule has 0 radical (unpaired) electrons. The van der Waals surface area contributed by atoms with E-state index in [-0.39, 0.29) is 29.1 Å². The third kappa shape index (κ3) is 4.17. The molecule has 29 heavy (non-hydrogen) atoms. The lowest BCUT2D eigenvalue weighted by atomic mass is 10.0. The number of halogens is 1. The zero-order chi connectivity index (χ0) is 20.6. The maximum atomic E-state index is 13.4. The predicted octanol–water partition coefficient (Wildman–Crippen LogP) is 2.99. The van der Waals surface area contributed by atoms with Gasteiger partial charge in [-0.05, 0) is 42.7 Å². The topological polar surface area (TPSA) is 72.3 Å². The van der Waals surface area contributed by atoms with Gasteiger partial charge >= 0.3 is 0 Å². The second-order valence-electron chi connectivity index (χ2n) is 7.51. The van der Waals surface area contributed by atoms with Gasteiger partial charge in [0.2, 0.25) is 5.91 Å². The number of rotatable bonds is 4. The second kappa shape index (κ2) is 7.59. The van der Waals surface area contributed by atoms with Gasteiger partial charge in [0.05, 0.1) is 34.7 Å². The number of hydrogen-bond donors (Lipinski definition) is 0. The number of sulfone groups is 1. The third-order valence-electron chi connectivity index (χ3n) is 5.39. The van der Waals surface area contributed by atoms with Crippen LogP contribution in [0.3, 0.4) is 0 Å². The number of fused-ring (bicyclic) bond motifs is 1. The van der Waals surface area contributed by atoms with Crippen molar-refractivity contribution in [3.05, 3.63) is 60.2 Å². The number of carbonyl (C=O) groups is 1. The van der Waals surface area contributed by atoms with E-state index in [0.717, 1.165) is 30.2 Å². The Kier molecular flexibility index (Phi) is 5.12. The largest absolute Gasteiger partial charge is 0.340 e. The van der Waals surface area contributed by atoms with Gasteiger partial charge in [0, 0.05) is 25.4 Å². The van der Waals surface area contributed by atoms with Crippen LogP contribution in [-0.4, -0.2) is 48.1 Å². The van der Waals surface area contributed by atoms with Crippen molar-refractivity contribution < 1.29 is 17.6 Å². The van der Waals surface area contributed by atoms with E-state index in [0.29, 0.717) is 18.6 Å². The highest BCUT2D eigenvalue weighted by molar-refractivity contribution is 7.90. The molecule has 4 rings (SSSR count). The molecule has 1 fully saturated rings. The van der Waals surface area contributed by atoms with Gasteiger partial charge in [-0.1, -0.05) is 12.1 Å². The summed E-state index contributed by atoms with van der Waals surface area (Å²) in [6, 6.07) is 11.1. The van der Waals surface area contributed by atoms with E-state index in [4.69, 9.17) is 0 Å². The van der Waals surface area contributed by atoms with Gasteiger partial charge in [-0.3, -0.25) is 4.79 Å². The first kappa shape index (κ1) is 19.6. The molecule has 0 saturated carbocycles. The number of benzene rings is 2. The molecular weight excluding hydrogens is 393 g/mol. The first-order chi connectivity index (χ1) is 13.8. The molecule has 0 bridgehead atoms. The number of piperidine rings is 1. The normalized spacial score (nSPS) is 17.6. The monoisotopic (exact) mass is 415 g/mol. The van der Waals surface area contributed by atoms with E-state index in [9.17, 15) is 17.6 Å². The summed E-state index contributed by atoms with van der Waals surface area (Å²) in [7, 11) is -3.25. The molecule has 2 aromatic carbocycles. The smallest absolute Gasteiger partial charge is 0.227 e. The van der Waals surface area contributed by atoms with E-state index in [2.05, 4.69) is 4.98 Å². The van der Waals surface area contributed by atoms with E-state index in [1.165, 1.54) is 24.3 Å². The summed E-state index contributed by atoms with van der Waals surface area (Å²) in [4.78, 5) is 19.2. The van der Waals surface area contributed by atoms with Gasteiger partial charge in [-0.15, -0.1) is 0 Å². The molecule has 1 aromatic heterocycles. The molecule has 8 heteroatoms. The molecule has 1 aliphatic rings.